The third-order valence-corrected chi connectivity index (χ3v) is 13.4. The molecule has 0 radical (unpaired) electrons. The van der Waals surface area contributed by atoms with Gasteiger partial charge < -0.3 is 23.2 Å². The van der Waals surface area contributed by atoms with Gasteiger partial charge in [-0.1, -0.05) is 126 Å². The van der Waals surface area contributed by atoms with E-state index in [-0.39, 0.29) is 6.71 Å². The van der Waals surface area contributed by atoms with E-state index in [1.54, 1.807) is 0 Å². The number of ether oxygens (including phenoxy) is 2. The van der Waals surface area contributed by atoms with Crippen LogP contribution in [0.5, 0.6) is 23.0 Å². The first-order chi connectivity index (χ1) is 30.6. The number of nitrogens with zero attached hydrogens (tertiary/aromatic N) is 3. The lowest BCUT2D eigenvalue weighted by Gasteiger charge is -2.33. The van der Waals surface area contributed by atoms with E-state index in [0.717, 1.165) is 67.6 Å². The fraction of sp³-hybridized carbons (Fsp3) is 0.0357. The molecule has 12 aromatic rings. The Labute approximate surface area is 357 Å². The van der Waals surface area contributed by atoms with E-state index < -0.39 is 0 Å². The van der Waals surface area contributed by atoms with Crippen molar-refractivity contribution in [2.24, 2.45) is 0 Å². The van der Waals surface area contributed by atoms with E-state index in [1.807, 2.05) is 0 Å². The van der Waals surface area contributed by atoms with Crippen LogP contribution in [-0.2, 0) is 0 Å². The number of aromatic nitrogens is 3. The van der Waals surface area contributed by atoms with Crippen molar-refractivity contribution in [3.05, 3.63) is 193 Å². The Morgan fingerprint density at radius 3 is 1.15 bits per heavy atom. The molecule has 0 atom stereocenters. The Morgan fingerprint density at radius 1 is 0.355 bits per heavy atom. The fourth-order valence-corrected chi connectivity index (χ4v) is 11.0. The summed E-state index contributed by atoms with van der Waals surface area (Å²) in [5, 5.41) is 7.21. The van der Waals surface area contributed by atoms with E-state index in [4.69, 9.17) is 9.47 Å². The fourth-order valence-electron chi connectivity index (χ4n) is 11.0. The molecule has 0 saturated heterocycles. The Morgan fingerprint density at radius 2 is 0.726 bits per heavy atom. The molecule has 0 N–H and O–H groups in total. The highest BCUT2D eigenvalue weighted by Crippen LogP contribution is 2.51. The van der Waals surface area contributed by atoms with Crippen LogP contribution in [0.1, 0.15) is 11.1 Å². The maximum Gasteiger partial charge on any atom is 0.260 e. The Balaban J connectivity index is 1.21. The normalized spacial score (nSPS) is 12.9. The van der Waals surface area contributed by atoms with Gasteiger partial charge in [0.1, 0.15) is 23.0 Å². The summed E-state index contributed by atoms with van der Waals surface area (Å²) < 4.78 is 21.4. The van der Waals surface area contributed by atoms with Gasteiger partial charge in [-0.05, 0) is 79.4 Å². The van der Waals surface area contributed by atoms with Crippen LogP contribution in [0.25, 0.3) is 82.5 Å². The van der Waals surface area contributed by atoms with Gasteiger partial charge >= 0.3 is 0 Å². The second-order valence-electron chi connectivity index (χ2n) is 17.0. The van der Waals surface area contributed by atoms with Crippen molar-refractivity contribution >= 4 is 88.5 Å². The molecule has 0 unspecified atom stereocenters. The van der Waals surface area contributed by atoms with Gasteiger partial charge in [0, 0.05) is 61.3 Å². The second-order valence-corrected chi connectivity index (χ2v) is 17.0. The second kappa shape index (κ2) is 12.3. The van der Waals surface area contributed by atoms with Crippen molar-refractivity contribution in [2.45, 2.75) is 13.8 Å². The molecule has 62 heavy (non-hydrogen) atoms. The van der Waals surface area contributed by atoms with Gasteiger partial charge in [-0.15, -0.1) is 0 Å². The van der Waals surface area contributed by atoms with Gasteiger partial charge in [0.2, 0.25) is 0 Å². The summed E-state index contributed by atoms with van der Waals surface area (Å²) in [6.07, 6.45) is 0. The van der Waals surface area contributed by atoms with Crippen molar-refractivity contribution in [2.75, 3.05) is 0 Å². The van der Waals surface area contributed by atoms with Crippen molar-refractivity contribution in [3.63, 3.8) is 0 Å². The van der Waals surface area contributed by atoms with Crippen molar-refractivity contribution in [1.29, 1.82) is 0 Å². The first kappa shape index (κ1) is 33.8. The zero-order valence-electron chi connectivity index (χ0n) is 34.1. The highest BCUT2D eigenvalue weighted by molar-refractivity contribution is 6.98. The minimum Gasteiger partial charge on any atom is -0.458 e. The van der Waals surface area contributed by atoms with Crippen LogP contribution >= 0.6 is 0 Å². The lowest BCUT2D eigenvalue weighted by Crippen LogP contribution is -2.57. The topological polar surface area (TPSA) is 33.2 Å². The van der Waals surface area contributed by atoms with Crippen molar-refractivity contribution < 1.29 is 9.47 Å². The number of aryl methyl sites for hydroxylation is 2. The van der Waals surface area contributed by atoms with E-state index in [2.05, 4.69) is 210 Å². The summed E-state index contributed by atoms with van der Waals surface area (Å²) in [6.45, 7) is 4.29. The maximum atomic E-state index is 6.99. The molecule has 0 fully saturated rings. The molecule has 0 saturated carbocycles. The zero-order valence-corrected chi connectivity index (χ0v) is 34.1. The SMILES string of the molecule is Cc1ccc2c(c1)B1c3cc(C)ccc3Oc3cc(-n4c5ccccc5c5c6c(c7ccccc7n6-c6ccccc6)c6c(c7ccccc7n6-c6ccccc6)c54)cc(c31)O2. The largest absolute Gasteiger partial charge is 0.458 e. The quantitative estimate of drug-likeness (QED) is 0.167. The minimum atomic E-state index is -0.0174. The highest BCUT2D eigenvalue weighted by atomic mass is 16.5. The summed E-state index contributed by atoms with van der Waals surface area (Å²) in [7, 11) is 0. The van der Waals surface area contributed by atoms with Gasteiger partial charge in [-0.25, -0.2) is 0 Å². The molecule has 3 aromatic heterocycles. The predicted molar refractivity (Wildman–Crippen MR) is 257 cm³/mol. The molecule has 14 rings (SSSR count). The molecule has 9 aromatic carbocycles. The number of fused-ring (bicyclic) bond motifs is 16. The Bertz CT molecular complexity index is 3750. The smallest absolute Gasteiger partial charge is 0.260 e. The number of hydrogen-bond acceptors (Lipinski definition) is 2. The average molecular weight is 794 g/mol. The monoisotopic (exact) mass is 793 g/mol. The van der Waals surface area contributed by atoms with E-state index in [1.165, 1.54) is 65.4 Å². The average Bonchev–Trinajstić information content (AvgIpc) is 3.96. The molecule has 5 nitrogen and oxygen atoms in total. The van der Waals surface area contributed by atoms with Crippen LogP contribution < -0.4 is 25.9 Å². The first-order valence-electron chi connectivity index (χ1n) is 21.4. The third-order valence-electron chi connectivity index (χ3n) is 13.4. The number of benzene rings is 9. The zero-order chi connectivity index (χ0) is 40.8. The predicted octanol–water partition coefficient (Wildman–Crippen LogP) is 12.3. The molecule has 5 heterocycles. The van der Waals surface area contributed by atoms with Gasteiger partial charge in [0.05, 0.1) is 38.8 Å². The summed E-state index contributed by atoms with van der Waals surface area (Å²) in [5.74, 6) is 3.41. The van der Waals surface area contributed by atoms with Crippen molar-refractivity contribution in [1.82, 2.24) is 13.7 Å². The lowest BCUT2D eigenvalue weighted by atomic mass is 9.34. The van der Waals surface area contributed by atoms with Gasteiger partial charge in [0.25, 0.3) is 6.71 Å². The first-order valence-corrected chi connectivity index (χ1v) is 21.4. The van der Waals surface area contributed by atoms with Gasteiger partial charge in [0.15, 0.2) is 0 Å². The molecule has 0 spiro atoms. The van der Waals surface area contributed by atoms with Crippen molar-refractivity contribution in [3.8, 4) is 40.1 Å². The molecular formula is C56H36BN3O2. The number of hydrogen-bond donors (Lipinski definition) is 0. The van der Waals surface area contributed by atoms with E-state index in [0.29, 0.717) is 0 Å². The Hall–Kier alpha value is -7.96. The van der Waals surface area contributed by atoms with Crippen LogP contribution in [0.15, 0.2) is 182 Å². The molecule has 0 aliphatic carbocycles. The molecule has 6 heteroatoms. The van der Waals surface area contributed by atoms with E-state index in [9.17, 15) is 0 Å². The maximum absolute atomic E-state index is 6.99. The number of rotatable bonds is 3. The van der Waals surface area contributed by atoms with Gasteiger partial charge in [-0.3, -0.25) is 0 Å². The van der Waals surface area contributed by atoms with Crippen LogP contribution in [0.2, 0.25) is 0 Å². The lowest BCUT2D eigenvalue weighted by molar-refractivity contribution is 0.464. The van der Waals surface area contributed by atoms with Gasteiger partial charge in [-0.2, -0.15) is 0 Å². The number of para-hydroxylation sites is 5. The van der Waals surface area contributed by atoms with Crippen LogP contribution in [0.3, 0.4) is 0 Å². The highest BCUT2D eigenvalue weighted by Gasteiger charge is 2.41. The summed E-state index contributed by atoms with van der Waals surface area (Å²) in [5.41, 5.74) is 16.0. The summed E-state index contributed by atoms with van der Waals surface area (Å²) in [6, 6.07) is 66.0. The molecule has 0 bridgehead atoms. The molecule has 2 aliphatic heterocycles. The summed E-state index contributed by atoms with van der Waals surface area (Å²) >= 11 is 0. The standard InChI is InChI=1S/C56H36BN3O2/c1-33-25-27-46-41(29-33)57-42-30-34(2)26-28-47(42)62-49-32-37(31-48(61-46)53(49)57)60-45-24-14-11-21-40(45)52-55-50(38-19-9-12-22-43(38)58(55)35-15-5-3-6-16-35)54-51(56(52)60)39-20-10-13-23-44(39)59(54)36-17-7-4-8-18-36/h3-32H,1-2H3. The van der Waals surface area contributed by atoms with E-state index >= 15 is 0 Å². The van der Waals surface area contributed by atoms with Crippen LogP contribution in [0.4, 0.5) is 0 Å². The molecular weight excluding hydrogens is 757 g/mol. The Kier molecular flexibility index (Phi) is 6.72. The molecule has 0 amide bonds. The minimum absolute atomic E-state index is 0.0174. The van der Waals surface area contributed by atoms with Crippen LogP contribution in [-0.4, -0.2) is 20.4 Å². The molecule has 2 aliphatic rings. The third kappa shape index (κ3) is 4.43. The summed E-state index contributed by atoms with van der Waals surface area (Å²) in [4.78, 5) is 0. The molecule has 290 valence electrons. The van der Waals surface area contributed by atoms with Crippen LogP contribution in [0, 0.1) is 13.8 Å².